The molecular weight excluding hydrogens is 222 g/mol. The summed E-state index contributed by atoms with van der Waals surface area (Å²) < 4.78 is 6.27. The Balaban J connectivity index is 2.13. The molecule has 0 saturated heterocycles. The van der Waals surface area contributed by atoms with Gasteiger partial charge < -0.3 is 10.1 Å². The highest BCUT2D eigenvalue weighted by molar-refractivity contribution is 5.42. The van der Waals surface area contributed by atoms with E-state index < -0.39 is 0 Å². The van der Waals surface area contributed by atoms with Crippen molar-refractivity contribution in [3.63, 3.8) is 0 Å². The smallest absolute Gasteiger partial charge is 0.123 e. The monoisotopic (exact) mass is 247 g/mol. The van der Waals surface area contributed by atoms with Crippen molar-refractivity contribution < 1.29 is 4.74 Å². The molecule has 18 heavy (non-hydrogen) atoms. The largest absolute Gasteiger partial charge is 0.489 e. The van der Waals surface area contributed by atoms with Gasteiger partial charge in [-0.25, -0.2) is 0 Å². The lowest BCUT2D eigenvalue weighted by molar-refractivity contribution is 0.174. The van der Waals surface area contributed by atoms with Crippen LogP contribution in [0.2, 0.25) is 0 Å². The molecule has 1 aromatic rings. The molecule has 2 atom stereocenters. The maximum atomic E-state index is 6.27. The summed E-state index contributed by atoms with van der Waals surface area (Å²) in [6.07, 6.45) is 4.02. The summed E-state index contributed by atoms with van der Waals surface area (Å²) in [6.45, 7) is 9.64. The van der Waals surface area contributed by atoms with E-state index in [0.717, 1.165) is 12.3 Å². The van der Waals surface area contributed by atoms with Crippen molar-refractivity contribution in [1.82, 2.24) is 5.32 Å². The zero-order chi connectivity index (χ0) is 13.1. The zero-order valence-electron chi connectivity index (χ0n) is 12.0. The third-order valence-electron chi connectivity index (χ3n) is 3.96. The molecule has 2 heteroatoms. The zero-order valence-corrected chi connectivity index (χ0v) is 12.0. The Morgan fingerprint density at radius 2 is 2.00 bits per heavy atom. The average Bonchev–Trinajstić information content (AvgIpc) is 2.73. The van der Waals surface area contributed by atoms with Crippen LogP contribution in [0, 0.1) is 20.8 Å². The van der Waals surface area contributed by atoms with E-state index >= 15 is 0 Å². The van der Waals surface area contributed by atoms with E-state index in [2.05, 4.69) is 45.1 Å². The molecular formula is C16H25NO. The van der Waals surface area contributed by atoms with E-state index in [-0.39, 0.29) is 0 Å². The molecule has 1 saturated carbocycles. The van der Waals surface area contributed by atoms with Crippen molar-refractivity contribution in [2.24, 2.45) is 0 Å². The lowest BCUT2D eigenvalue weighted by Crippen LogP contribution is -2.38. The highest BCUT2D eigenvalue weighted by Crippen LogP contribution is 2.29. The number of hydrogen-bond donors (Lipinski definition) is 1. The maximum Gasteiger partial charge on any atom is 0.123 e. The fraction of sp³-hybridized carbons (Fsp3) is 0.625. The predicted molar refractivity (Wildman–Crippen MR) is 76.4 cm³/mol. The first-order valence-corrected chi connectivity index (χ1v) is 7.09. The molecule has 1 aromatic carbocycles. The number of likely N-dealkylation sites (N-methyl/N-ethyl adjacent to an activating group) is 1. The van der Waals surface area contributed by atoms with Crippen LogP contribution in [0.1, 0.15) is 42.9 Å². The van der Waals surface area contributed by atoms with E-state index in [0.29, 0.717) is 12.1 Å². The van der Waals surface area contributed by atoms with Crippen molar-refractivity contribution in [3.8, 4) is 5.75 Å². The number of hydrogen-bond acceptors (Lipinski definition) is 2. The van der Waals surface area contributed by atoms with Crippen molar-refractivity contribution in [2.45, 2.75) is 59.1 Å². The van der Waals surface area contributed by atoms with Gasteiger partial charge in [-0.3, -0.25) is 0 Å². The molecule has 100 valence electrons. The Labute approximate surface area is 111 Å². The van der Waals surface area contributed by atoms with Crippen LogP contribution < -0.4 is 10.1 Å². The van der Waals surface area contributed by atoms with E-state index in [9.17, 15) is 0 Å². The summed E-state index contributed by atoms with van der Waals surface area (Å²) in [6, 6.07) is 4.91. The normalized spacial score (nSPS) is 23.3. The average molecular weight is 247 g/mol. The van der Waals surface area contributed by atoms with Gasteiger partial charge in [0.15, 0.2) is 0 Å². The molecule has 0 aromatic heterocycles. The molecule has 0 radical (unpaired) electrons. The number of ether oxygens (including phenoxy) is 1. The first-order chi connectivity index (χ1) is 8.61. The van der Waals surface area contributed by atoms with Crippen molar-refractivity contribution in [3.05, 3.63) is 28.8 Å². The third-order valence-corrected chi connectivity index (χ3v) is 3.96. The number of benzene rings is 1. The summed E-state index contributed by atoms with van der Waals surface area (Å²) in [5.41, 5.74) is 3.89. The SMILES string of the molecule is CCNC1CCCC1Oc1cc(C)cc(C)c1C. The van der Waals surface area contributed by atoms with Gasteiger partial charge in [-0.05, 0) is 69.3 Å². The Morgan fingerprint density at radius 1 is 1.22 bits per heavy atom. The van der Waals surface area contributed by atoms with Gasteiger partial charge in [0.05, 0.1) is 0 Å². The highest BCUT2D eigenvalue weighted by atomic mass is 16.5. The Bertz CT molecular complexity index is 414. The summed E-state index contributed by atoms with van der Waals surface area (Å²) in [4.78, 5) is 0. The summed E-state index contributed by atoms with van der Waals surface area (Å²) in [5, 5.41) is 3.54. The number of aryl methyl sites for hydroxylation is 2. The minimum Gasteiger partial charge on any atom is -0.489 e. The third kappa shape index (κ3) is 2.86. The minimum atomic E-state index is 0.338. The van der Waals surface area contributed by atoms with Crippen molar-refractivity contribution in [1.29, 1.82) is 0 Å². The van der Waals surface area contributed by atoms with Crippen LogP contribution in [0.5, 0.6) is 5.75 Å². The fourth-order valence-electron chi connectivity index (χ4n) is 2.85. The van der Waals surface area contributed by atoms with E-state index in [1.807, 2.05) is 0 Å². The van der Waals surface area contributed by atoms with Gasteiger partial charge in [0.1, 0.15) is 11.9 Å². The van der Waals surface area contributed by atoms with Crippen LogP contribution in [-0.4, -0.2) is 18.7 Å². The van der Waals surface area contributed by atoms with Crippen LogP contribution >= 0.6 is 0 Å². The Hall–Kier alpha value is -1.02. The molecule has 0 heterocycles. The lowest BCUT2D eigenvalue weighted by atomic mass is 10.1. The second kappa shape index (κ2) is 5.75. The van der Waals surface area contributed by atoms with Crippen molar-refractivity contribution in [2.75, 3.05) is 6.54 Å². The number of rotatable bonds is 4. The second-order valence-electron chi connectivity index (χ2n) is 5.46. The molecule has 0 spiro atoms. The lowest BCUT2D eigenvalue weighted by Gasteiger charge is -2.23. The van der Waals surface area contributed by atoms with Gasteiger partial charge in [-0.2, -0.15) is 0 Å². The molecule has 2 nitrogen and oxygen atoms in total. The van der Waals surface area contributed by atoms with E-state index in [1.54, 1.807) is 0 Å². The summed E-state index contributed by atoms with van der Waals surface area (Å²) in [5.74, 6) is 1.07. The molecule has 1 N–H and O–H groups in total. The Kier molecular flexibility index (Phi) is 4.28. The molecule has 1 aliphatic rings. The topological polar surface area (TPSA) is 21.3 Å². The summed E-state index contributed by atoms with van der Waals surface area (Å²) in [7, 11) is 0. The van der Waals surface area contributed by atoms with Gasteiger partial charge in [0, 0.05) is 6.04 Å². The predicted octanol–water partition coefficient (Wildman–Crippen LogP) is 3.52. The molecule has 2 unspecified atom stereocenters. The minimum absolute atomic E-state index is 0.338. The van der Waals surface area contributed by atoms with Crippen LogP contribution in [0.15, 0.2) is 12.1 Å². The van der Waals surface area contributed by atoms with Gasteiger partial charge in [0.2, 0.25) is 0 Å². The second-order valence-corrected chi connectivity index (χ2v) is 5.46. The van der Waals surface area contributed by atoms with Gasteiger partial charge >= 0.3 is 0 Å². The van der Waals surface area contributed by atoms with E-state index in [1.165, 1.54) is 36.0 Å². The van der Waals surface area contributed by atoms with Crippen LogP contribution in [0.4, 0.5) is 0 Å². The van der Waals surface area contributed by atoms with Crippen LogP contribution in [-0.2, 0) is 0 Å². The van der Waals surface area contributed by atoms with Gasteiger partial charge in [-0.15, -0.1) is 0 Å². The molecule has 1 fully saturated rings. The van der Waals surface area contributed by atoms with Crippen LogP contribution in [0.25, 0.3) is 0 Å². The molecule has 0 amide bonds. The molecule has 0 bridgehead atoms. The standard InChI is InChI=1S/C16H25NO/c1-5-17-14-7-6-8-15(14)18-16-10-11(2)9-12(3)13(16)4/h9-10,14-15,17H,5-8H2,1-4H3. The van der Waals surface area contributed by atoms with Gasteiger partial charge in [0.25, 0.3) is 0 Å². The first-order valence-electron chi connectivity index (χ1n) is 7.09. The maximum absolute atomic E-state index is 6.27. The summed E-state index contributed by atoms with van der Waals surface area (Å²) >= 11 is 0. The molecule has 2 rings (SSSR count). The first kappa shape index (κ1) is 13.4. The van der Waals surface area contributed by atoms with Gasteiger partial charge in [-0.1, -0.05) is 13.0 Å². The highest BCUT2D eigenvalue weighted by Gasteiger charge is 2.28. The van der Waals surface area contributed by atoms with Crippen LogP contribution in [0.3, 0.4) is 0 Å². The molecule has 0 aliphatic heterocycles. The fourth-order valence-corrected chi connectivity index (χ4v) is 2.85. The quantitative estimate of drug-likeness (QED) is 0.879. The van der Waals surface area contributed by atoms with E-state index in [4.69, 9.17) is 4.74 Å². The molecule has 1 aliphatic carbocycles. The Morgan fingerprint density at radius 3 is 2.72 bits per heavy atom. The van der Waals surface area contributed by atoms with Crippen molar-refractivity contribution >= 4 is 0 Å². The number of nitrogens with one attached hydrogen (secondary N) is 1.